The first-order chi connectivity index (χ1) is 16.0. The zero-order valence-corrected chi connectivity index (χ0v) is 19.5. The largest absolute Gasteiger partial charge is 0.495 e. The van der Waals surface area contributed by atoms with Gasteiger partial charge in [-0.2, -0.15) is 0 Å². The molecule has 7 nitrogen and oxygen atoms in total. The molecule has 1 aromatic heterocycles. The lowest BCUT2D eigenvalue weighted by molar-refractivity contribution is 0.305. The predicted octanol–water partition coefficient (Wildman–Crippen LogP) is 4.84. The van der Waals surface area contributed by atoms with Gasteiger partial charge in [-0.25, -0.2) is 4.98 Å². The minimum Gasteiger partial charge on any atom is -0.495 e. The molecule has 1 heterocycles. The van der Waals surface area contributed by atoms with E-state index in [1.54, 1.807) is 29.2 Å². The second-order valence-corrected chi connectivity index (χ2v) is 7.85. The Bertz CT molecular complexity index is 1330. The first kappa shape index (κ1) is 22.9. The van der Waals surface area contributed by atoms with E-state index < -0.39 is 0 Å². The highest BCUT2D eigenvalue weighted by molar-refractivity contribution is 6.41. The van der Waals surface area contributed by atoms with Gasteiger partial charge in [0.1, 0.15) is 27.9 Å². The van der Waals surface area contributed by atoms with Gasteiger partial charge in [-0.1, -0.05) is 41.4 Å². The maximum atomic E-state index is 13.3. The molecule has 0 aliphatic heterocycles. The summed E-state index contributed by atoms with van der Waals surface area (Å²) in [6.07, 6.45) is 1.51. The molecule has 0 saturated carbocycles. The number of ether oxygens (including phenoxy) is 2. The van der Waals surface area contributed by atoms with Crippen LogP contribution in [0.4, 0.5) is 11.4 Å². The van der Waals surface area contributed by atoms with Crippen molar-refractivity contribution in [3.8, 4) is 17.2 Å². The maximum absolute atomic E-state index is 13.3. The van der Waals surface area contributed by atoms with Crippen LogP contribution in [0.1, 0.15) is 0 Å². The number of rotatable bonds is 7. The lowest BCUT2D eigenvalue weighted by Crippen LogP contribution is -2.23. The van der Waals surface area contributed by atoms with E-state index in [4.69, 9.17) is 32.7 Å². The number of aliphatic hydroxyl groups excluding tert-OH is 1. The summed E-state index contributed by atoms with van der Waals surface area (Å²) in [4.78, 5) is 19.4. The van der Waals surface area contributed by atoms with Crippen LogP contribution in [-0.2, 0) is 0 Å². The molecule has 0 bridgehead atoms. The number of halogens is 2. The van der Waals surface area contributed by atoms with E-state index in [1.807, 2.05) is 30.3 Å². The molecule has 0 aliphatic rings. The quantitative estimate of drug-likeness (QED) is 0.403. The number of methoxy groups -OCH3 is 2. The number of nitrogens with zero attached hydrogens (tertiary/aromatic N) is 3. The van der Waals surface area contributed by atoms with Crippen molar-refractivity contribution in [1.82, 2.24) is 9.55 Å². The molecular formula is C24H21Cl2N3O4. The lowest BCUT2D eigenvalue weighted by atomic mass is 10.1. The number of fused-ring (bicyclic) bond motifs is 1. The Kier molecular flexibility index (Phi) is 6.74. The third kappa shape index (κ3) is 4.23. The van der Waals surface area contributed by atoms with Crippen LogP contribution in [0, 0.1) is 0 Å². The molecule has 0 saturated heterocycles. The summed E-state index contributed by atoms with van der Waals surface area (Å²) >= 11 is 13.2. The smallest absolute Gasteiger partial charge is 0.265 e. The van der Waals surface area contributed by atoms with Crippen molar-refractivity contribution in [3.63, 3.8) is 0 Å². The monoisotopic (exact) mass is 485 g/mol. The Balaban J connectivity index is 1.92. The second kappa shape index (κ2) is 9.70. The SMILES string of the molecule is COc1cc(OC)c(Cl)c(N(CCO)c2ccc3ncn(-c4ccccc4)c(=O)c3c2)c1Cl. The number of aliphatic hydroxyl groups is 1. The molecule has 0 aliphatic carbocycles. The van der Waals surface area contributed by atoms with Gasteiger partial charge in [0.25, 0.3) is 5.56 Å². The van der Waals surface area contributed by atoms with Crippen LogP contribution in [0.3, 0.4) is 0 Å². The molecule has 0 amide bonds. The molecule has 9 heteroatoms. The number of hydrogen-bond acceptors (Lipinski definition) is 6. The fourth-order valence-electron chi connectivity index (χ4n) is 3.63. The summed E-state index contributed by atoms with van der Waals surface area (Å²) in [6, 6.07) is 16.1. The molecule has 1 N–H and O–H groups in total. The van der Waals surface area contributed by atoms with Crippen molar-refractivity contribution < 1.29 is 14.6 Å². The Morgan fingerprint density at radius 1 is 1.00 bits per heavy atom. The molecule has 170 valence electrons. The zero-order chi connectivity index (χ0) is 23.5. The summed E-state index contributed by atoms with van der Waals surface area (Å²) < 4.78 is 12.2. The van der Waals surface area contributed by atoms with Crippen molar-refractivity contribution in [2.45, 2.75) is 0 Å². The standard InChI is InChI=1S/C24H21Cl2N3O4/c1-32-19-13-20(33-2)22(26)23(21(19)25)28(10-11-30)16-8-9-18-17(12-16)24(31)29(14-27-18)15-6-4-3-5-7-15/h3-9,12-14,30H,10-11H2,1-2H3. The molecule has 0 spiro atoms. The Labute approximate surface area is 200 Å². The fourth-order valence-corrected chi connectivity index (χ4v) is 4.33. The number of benzene rings is 3. The third-order valence-electron chi connectivity index (χ3n) is 5.23. The van der Waals surface area contributed by atoms with Gasteiger partial charge in [0.15, 0.2) is 0 Å². The summed E-state index contributed by atoms with van der Waals surface area (Å²) in [6.45, 7) is -0.0279. The minimum atomic E-state index is -0.225. The normalized spacial score (nSPS) is 10.9. The van der Waals surface area contributed by atoms with Crippen LogP contribution < -0.4 is 19.9 Å². The molecule has 4 aromatic rings. The average molecular weight is 486 g/mol. The molecule has 0 unspecified atom stereocenters. The van der Waals surface area contributed by atoms with Crippen molar-refractivity contribution in [2.75, 3.05) is 32.3 Å². The lowest BCUT2D eigenvalue weighted by Gasteiger charge is -2.28. The fraction of sp³-hybridized carbons (Fsp3) is 0.167. The van der Waals surface area contributed by atoms with Crippen molar-refractivity contribution in [2.24, 2.45) is 0 Å². The van der Waals surface area contributed by atoms with Gasteiger partial charge in [0.2, 0.25) is 0 Å². The summed E-state index contributed by atoms with van der Waals surface area (Å²) in [5, 5.41) is 10.7. The average Bonchev–Trinajstić information content (AvgIpc) is 2.84. The van der Waals surface area contributed by atoms with Gasteiger partial charge in [-0.15, -0.1) is 0 Å². The number of anilines is 2. The Morgan fingerprint density at radius 3 is 2.27 bits per heavy atom. The van der Waals surface area contributed by atoms with Crippen LogP contribution in [0.2, 0.25) is 10.0 Å². The number of para-hydroxylation sites is 1. The van der Waals surface area contributed by atoms with Gasteiger partial charge in [0, 0.05) is 18.3 Å². The highest BCUT2D eigenvalue weighted by atomic mass is 35.5. The maximum Gasteiger partial charge on any atom is 0.265 e. The summed E-state index contributed by atoms with van der Waals surface area (Å²) in [5.74, 6) is 0.731. The topological polar surface area (TPSA) is 76.8 Å². The van der Waals surface area contributed by atoms with Gasteiger partial charge in [-0.05, 0) is 30.3 Å². The van der Waals surface area contributed by atoms with Crippen LogP contribution >= 0.6 is 23.2 Å². The van der Waals surface area contributed by atoms with E-state index >= 15 is 0 Å². The van der Waals surface area contributed by atoms with Crippen LogP contribution in [0.25, 0.3) is 16.6 Å². The molecule has 0 radical (unpaired) electrons. The van der Waals surface area contributed by atoms with Gasteiger partial charge in [-0.3, -0.25) is 9.36 Å². The van der Waals surface area contributed by atoms with Crippen molar-refractivity contribution >= 4 is 45.5 Å². The Hall–Kier alpha value is -3.26. The van der Waals surface area contributed by atoms with E-state index in [-0.39, 0.29) is 28.8 Å². The van der Waals surface area contributed by atoms with E-state index in [0.29, 0.717) is 39.5 Å². The summed E-state index contributed by atoms with van der Waals surface area (Å²) in [7, 11) is 2.98. The predicted molar refractivity (Wildman–Crippen MR) is 131 cm³/mol. The van der Waals surface area contributed by atoms with Gasteiger partial charge >= 0.3 is 0 Å². The van der Waals surface area contributed by atoms with Crippen LogP contribution in [0.15, 0.2) is 65.7 Å². The Morgan fingerprint density at radius 2 is 1.67 bits per heavy atom. The highest BCUT2D eigenvalue weighted by Crippen LogP contribution is 2.48. The second-order valence-electron chi connectivity index (χ2n) is 7.09. The molecule has 33 heavy (non-hydrogen) atoms. The molecule has 4 rings (SSSR count). The first-order valence-electron chi connectivity index (χ1n) is 10.0. The molecular weight excluding hydrogens is 465 g/mol. The van der Waals surface area contributed by atoms with Gasteiger partial charge in [0.05, 0.1) is 43.1 Å². The first-order valence-corrected chi connectivity index (χ1v) is 10.8. The van der Waals surface area contributed by atoms with E-state index in [1.165, 1.54) is 25.1 Å². The molecule has 0 atom stereocenters. The van der Waals surface area contributed by atoms with Gasteiger partial charge < -0.3 is 19.5 Å². The van der Waals surface area contributed by atoms with E-state index in [0.717, 1.165) is 0 Å². The van der Waals surface area contributed by atoms with E-state index in [9.17, 15) is 9.90 Å². The highest BCUT2D eigenvalue weighted by Gasteiger charge is 2.24. The number of aromatic nitrogens is 2. The van der Waals surface area contributed by atoms with Crippen molar-refractivity contribution in [1.29, 1.82) is 0 Å². The minimum absolute atomic E-state index is 0.161. The third-order valence-corrected chi connectivity index (χ3v) is 5.96. The van der Waals surface area contributed by atoms with Crippen LogP contribution in [-0.4, -0.2) is 42.0 Å². The van der Waals surface area contributed by atoms with Crippen LogP contribution in [0.5, 0.6) is 11.5 Å². The van der Waals surface area contributed by atoms with E-state index in [2.05, 4.69) is 4.98 Å². The molecule has 3 aromatic carbocycles. The zero-order valence-electron chi connectivity index (χ0n) is 18.0. The molecule has 0 fully saturated rings. The summed E-state index contributed by atoms with van der Waals surface area (Å²) in [5.41, 5.74) is 2.02. The van der Waals surface area contributed by atoms with Crippen molar-refractivity contribution in [3.05, 3.63) is 81.3 Å². The number of hydrogen-bond donors (Lipinski definition) is 1.